The third-order valence-electron chi connectivity index (χ3n) is 2.77. The number of nitrogens with zero attached hydrogens (tertiary/aromatic N) is 1. The highest BCUT2D eigenvalue weighted by Crippen LogP contribution is 2.31. The maximum Gasteiger partial charge on any atom is 0.263 e. The molecule has 0 aromatic rings. The highest BCUT2D eigenvalue weighted by Gasteiger charge is 2.41. The zero-order chi connectivity index (χ0) is 11.5. The van der Waals surface area contributed by atoms with E-state index in [-0.39, 0.29) is 19.0 Å². The predicted octanol–water partition coefficient (Wildman–Crippen LogP) is 1.10. The molecular formula is C10H18F2N2O. The van der Waals surface area contributed by atoms with Crippen LogP contribution in [-0.2, 0) is 4.79 Å². The lowest BCUT2D eigenvalue weighted by Gasteiger charge is -2.36. The van der Waals surface area contributed by atoms with Gasteiger partial charge in [-0.25, -0.2) is 8.78 Å². The molecular weight excluding hydrogens is 202 g/mol. The molecule has 1 saturated heterocycles. The number of nitrogens with one attached hydrogen (secondary N) is 1. The largest absolute Gasteiger partial charge is 0.355 e. The minimum atomic E-state index is -2.66. The van der Waals surface area contributed by atoms with Crippen molar-refractivity contribution in [2.24, 2.45) is 5.92 Å². The van der Waals surface area contributed by atoms with Crippen LogP contribution in [0, 0.1) is 5.92 Å². The lowest BCUT2D eigenvalue weighted by molar-refractivity contribution is -0.129. The lowest BCUT2D eigenvalue weighted by Crippen LogP contribution is -2.50. The average Bonchev–Trinajstić information content (AvgIpc) is 2.11. The summed E-state index contributed by atoms with van der Waals surface area (Å²) in [6.07, 6.45) is 0.451. The minimum absolute atomic E-state index is 0.0795. The molecule has 0 bridgehead atoms. The Morgan fingerprint density at radius 3 is 2.80 bits per heavy atom. The van der Waals surface area contributed by atoms with E-state index in [1.807, 2.05) is 6.92 Å². The van der Waals surface area contributed by atoms with Gasteiger partial charge >= 0.3 is 0 Å². The number of hydrogen-bond acceptors (Lipinski definition) is 2. The molecule has 88 valence electrons. The van der Waals surface area contributed by atoms with Crippen LogP contribution in [-0.4, -0.2) is 42.9 Å². The summed E-state index contributed by atoms with van der Waals surface area (Å²) < 4.78 is 26.6. The van der Waals surface area contributed by atoms with Crippen LogP contribution in [0.15, 0.2) is 0 Å². The number of hydrogen-bond donors (Lipinski definition) is 1. The number of carbonyl (C=O) groups excluding carboxylic acids is 1. The maximum atomic E-state index is 13.3. The fourth-order valence-electron chi connectivity index (χ4n) is 1.71. The summed E-state index contributed by atoms with van der Waals surface area (Å²) >= 11 is 0. The van der Waals surface area contributed by atoms with Crippen molar-refractivity contribution in [2.45, 2.75) is 26.2 Å². The Morgan fingerprint density at radius 1 is 1.60 bits per heavy atom. The van der Waals surface area contributed by atoms with Crippen LogP contribution in [0.3, 0.4) is 0 Å². The highest BCUT2D eigenvalue weighted by atomic mass is 19.3. The number of likely N-dealkylation sites (N-methyl/N-ethyl adjacent to an activating group) is 1. The Balaban J connectivity index is 2.42. The van der Waals surface area contributed by atoms with Gasteiger partial charge in [0.25, 0.3) is 5.92 Å². The van der Waals surface area contributed by atoms with Crippen LogP contribution in [0.25, 0.3) is 0 Å². The third kappa shape index (κ3) is 3.41. The summed E-state index contributed by atoms with van der Waals surface area (Å²) in [5.74, 6) is -3.42. The molecule has 1 amide bonds. The second-order valence-electron chi connectivity index (χ2n) is 4.11. The molecule has 0 aromatic carbocycles. The van der Waals surface area contributed by atoms with Crippen molar-refractivity contribution in [3.8, 4) is 0 Å². The van der Waals surface area contributed by atoms with Gasteiger partial charge in [0.05, 0.1) is 13.1 Å². The SMILES string of the molecule is CCNC(=O)CN1CC[C@H](C)C(F)(F)C1. The third-order valence-corrected chi connectivity index (χ3v) is 2.77. The van der Waals surface area contributed by atoms with Crippen LogP contribution in [0.5, 0.6) is 0 Å². The van der Waals surface area contributed by atoms with Gasteiger partial charge in [-0.05, 0) is 19.9 Å². The first-order valence-electron chi connectivity index (χ1n) is 5.32. The van der Waals surface area contributed by atoms with Gasteiger partial charge in [-0.2, -0.15) is 0 Å². The summed E-state index contributed by atoms with van der Waals surface area (Å²) in [7, 11) is 0. The summed E-state index contributed by atoms with van der Waals surface area (Å²) in [5, 5.41) is 2.61. The summed E-state index contributed by atoms with van der Waals surface area (Å²) in [6.45, 7) is 4.27. The van der Waals surface area contributed by atoms with E-state index in [0.717, 1.165) is 0 Å². The molecule has 5 heteroatoms. The van der Waals surface area contributed by atoms with Crippen molar-refractivity contribution in [3.63, 3.8) is 0 Å². The maximum absolute atomic E-state index is 13.3. The van der Waals surface area contributed by atoms with Gasteiger partial charge in [0.15, 0.2) is 0 Å². The molecule has 0 saturated carbocycles. The quantitative estimate of drug-likeness (QED) is 0.772. The van der Waals surface area contributed by atoms with E-state index in [9.17, 15) is 13.6 Å². The second kappa shape index (κ2) is 4.88. The van der Waals surface area contributed by atoms with Gasteiger partial charge in [0, 0.05) is 12.5 Å². The normalized spacial score (nSPS) is 26.3. The Bertz CT molecular complexity index is 233. The molecule has 3 nitrogen and oxygen atoms in total. The van der Waals surface area contributed by atoms with E-state index >= 15 is 0 Å². The van der Waals surface area contributed by atoms with Crippen molar-refractivity contribution in [1.82, 2.24) is 10.2 Å². The molecule has 1 heterocycles. The number of amides is 1. The Labute approximate surface area is 88.8 Å². The second-order valence-corrected chi connectivity index (χ2v) is 4.11. The molecule has 0 aliphatic carbocycles. The first-order valence-corrected chi connectivity index (χ1v) is 5.32. The summed E-state index contributed by atoms with van der Waals surface area (Å²) in [5.41, 5.74) is 0. The van der Waals surface area contributed by atoms with Gasteiger partial charge in [0.1, 0.15) is 0 Å². The van der Waals surface area contributed by atoms with Crippen LogP contribution in [0.1, 0.15) is 20.3 Å². The Morgan fingerprint density at radius 2 is 2.27 bits per heavy atom. The highest BCUT2D eigenvalue weighted by molar-refractivity contribution is 5.77. The number of rotatable bonds is 3. The zero-order valence-corrected chi connectivity index (χ0v) is 9.22. The van der Waals surface area contributed by atoms with Gasteiger partial charge in [-0.3, -0.25) is 9.69 Å². The molecule has 1 aliphatic heterocycles. The molecule has 1 N–H and O–H groups in total. The number of halogens is 2. The van der Waals surface area contributed by atoms with E-state index in [1.165, 1.54) is 4.90 Å². The standard InChI is InChI=1S/C10H18F2N2O/c1-3-13-9(15)6-14-5-4-8(2)10(11,12)7-14/h8H,3-7H2,1-2H3,(H,13,15)/t8-/m0/s1. The van der Waals surface area contributed by atoms with E-state index in [2.05, 4.69) is 5.32 Å². The van der Waals surface area contributed by atoms with Gasteiger partial charge in [0.2, 0.25) is 5.91 Å². The fourth-order valence-corrected chi connectivity index (χ4v) is 1.71. The van der Waals surface area contributed by atoms with Crippen molar-refractivity contribution in [1.29, 1.82) is 0 Å². The van der Waals surface area contributed by atoms with E-state index in [0.29, 0.717) is 19.5 Å². The number of carbonyl (C=O) groups is 1. The monoisotopic (exact) mass is 220 g/mol. The molecule has 0 aromatic heterocycles. The van der Waals surface area contributed by atoms with E-state index in [4.69, 9.17) is 0 Å². The molecule has 15 heavy (non-hydrogen) atoms. The Hall–Kier alpha value is -0.710. The molecule has 1 aliphatic rings. The van der Waals surface area contributed by atoms with Gasteiger partial charge in [-0.15, -0.1) is 0 Å². The van der Waals surface area contributed by atoms with Crippen molar-refractivity contribution in [2.75, 3.05) is 26.2 Å². The molecule has 0 radical (unpaired) electrons. The molecule has 1 fully saturated rings. The molecule has 1 rings (SSSR count). The number of alkyl halides is 2. The van der Waals surface area contributed by atoms with Gasteiger partial charge in [-0.1, -0.05) is 6.92 Å². The van der Waals surface area contributed by atoms with E-state index < -0.39 is 11.8 Å². The van der Waals surface area contributed by atoms with Crippen LogP contribution < -0.4 is 5.32 Å². The predicted molar refractivity (Wildman–Crippen MR) is 53.9 cm³/mol. The molecule has 1 atom stereocenters. The number of likely N-dealkylation sites (tertiary alicyclic amines) is 1. The Kier molecular flexibility index (Phi) is 4.02. The first kappa shape index (κ1) is 12.4. The van der Waals surface area contributed by atoms with Crippen LogP contribution in [0.4, 0.5) is 8.78 Å². The smallest absolute Gasteiger partial charge is 0.263 e. The van der Waals surface area contributed by atoms with E-state index in [1.54, 1.807) is 6.92 Å². The van der Waals surface area contributed by atoms with Gasteiger partial charge < -0.3 is 5.32 Å². The lowest BCUT2D eigenvalue weighted by atomic mass is 9.95. The van der Waals surface area contributed by atoms with Crippen molar-refractivity contribution >= 4 is 5.91 Å². The van der Waals surface area contributed by atoms with Crippen molar-refractivity contribution < 1.29 is 13.6 Å². The fraction of sp³-hybridized carbons (Fsp3) is 0.900. The van der Waals surface area contributed by atoms with Crippen LogP contribution >= 0.6 is 0 Å². The zero-order valence-electron chi connectivity index (χ0n) is 9.22. The molecule has 0 unspecified atom stereocenters. The average molecular weight is 220 g/mol. The molecule has 0 spiro atoms. The minimum Gasteiger partial charge on any atom is -0.355 e. The summed E-state index contributed by atoms with van der Waals surface area (Å²) in [6, 6.07) is 0. The number of piperidine rings is 1. The first-order chi connectivity index (χ1) is 6.95. The van der Waals surface area contributed by atoms with Crippen LogP contribution in [0.2, 0.25) is 0 Å². The topological polar surface area (TPSA) is 32.3 Å². The summed E-state index contributed by atoms with van der Waals surface area (Å²) in [4.78, 5) is 12.7. The van der Waals surface area contributed by atoms with Crippen molar-refractivity contribution in [3.05, 3.63) is 0 Å².